The molecule has 2 N–H and O–H groups in total. The van der Waals surface area contributed by atoms with E-state index in [-0.39, 0.29) is 5.91 Å². The fourth-order valence-corrected chi connectivity index (χ4v) is 3.69. The molecule has 4 aromatic rings. The number of nitrogens with zero attached hydrogens (tertiary/aromatic N) is 1. The molecule has 2 aromatic carbocycles. The van der Waals surface area contributed by atoms with E-state index in [1.807, 2.05) is 29.6 Å². The normalized spacial score (nSPS) is 11.0. The van der Waals surface area contributed by atoms with Crippen LogP contribution in [0, 0.1) is 13.8 Å². The van der Waals surface area contributed by atoms with Crippen molar-refractivity contribution in [3.63, 3.8) is 0 Å². The van der Waals surface area contributed by atoms with Crippen LogP contribution in [0.4, 0.5) is 5.13 Å². The zero-order valence-corrected chi connectivity index (χ0v) is 14.8. The van der Waals surface area contributed by atoms with E-state index in [1.165, 1.54) is 22.5 Å². The third kappa shape index (κ3) is 2.94. The summed E-state index contributed by atoms with van der Waals surface area (Å²) in [6.45, 7) is 4.15. The number of thiazole rings is 1. The average molecular weight is 347 g/mol. The van der Waals surface area contributed by atoms with Crippen LogP contribution in [0.2, 0.25) is 0 Å². The van der Waals surface area contributed by atoms with Gasteiger partial charge in [-0.05, 0) is 25.5 Å². The maximum absolute atomic E-state index is 12.6. The molecule has 0 saturated carbocycles. The number of para-hydroxylation sites is 1. The molecule has 2 aromatic heterocycles. The van der Waals surface area contributed by atoms with Crippen LogP contribution in [-0.4, -0.2) is 15.9 Å². The maximum atomic E-state index is 12.6. The van der Waals surface area contributed by atoms with Crippen LogP contribution in [-0.2, 0) is 0 Å². The number of hydrogen-bond acceptors (Lipinski definition) is 3. The van der Waals surface area contributed by atoms with Crippen LogP contribution in [0.1, 0.15) is 21.5 Å². The Morgan fingerprint density at radius 2 is 2.00 bits per heavy atom. The number of hydrogen-bond donors (Lipinski definition) is 2. The lowest BCUT2D eigenvalue weighted by molar-refractivity contribution is 0.102. The Kier molecular flexibility index (Phi) is 3.86. The third-order valence-corrected chi connectivity index (χ3v) is 4.97. The minimum absolute atomic E-state index is 0.154. The predicted molar refractivity (Wildman–Crippen MR) is 103 cm³/mol. The zero-order chi connectivity index (χ0) is 17.4. The molecule has 0 unspecified atom stereocenters. The first-order valence-corrected chi connectivity index (χ1v) is 8.90. The van der Waals surface area contributed by atoms with Crippen molar-refractivity contribution >= 4 is 33.3 Å². The Morgan fingerprint density at radius 1 is 1.16 bits per heavy atom. The van der Waals surface area contributed by atoms with E-state index in [0.29, 0.717) is 10.7 Å². The molecule has 0 saturated heterocycles. The Balaban J connectivity index is 1.59. The lowest BCUT2D eigenvalue weighted by Crippen LogP contribution is -2.11. The highest BCUT2D eigenvalue weighted by atomic mass is 32.1. The van der Waals surface area contributed by atoms with E-state index >= 15 is 0 Å². The Bertz CT molecular complexity index is 1080. The predicted octanol–water partition coefficient (Wildman–Crippen LogP) is 5.16. The number of aromatic amines is 1. The Morgan fingerprint density at radius 3 is 2.84 bits per heavy atom. The van der Waals surface area contributed by atoms with Crippen LogP contribution >= 0.6 is 11.3 Å². The smallest absolute Gasteiger partial charge is 0.259 e. The molecule has 0 atom stereocenters. The van der Waals surface area contributed by atoms with Gasteiger partial charge in [0.2, 0.25) is 0 Å². The highest BCUT2D eigenvalue weighted by Gasteiger charge is 2.14. The van der Waals surface area contributed by atoms with Crippen LogP contribution in [0.5, 0.6) is 0 Å². The van der Waals surface area contributed by atoms with Gasteiger partial charge in [-0.3, -0.25) is 10.1 Å². The number of aryl methyl sites for hydroxylation is 2. The van der Waals surface area contributed by atoms with E-state index in [0.717, 1.165) is 22.2 Å². The minimum Gasteiger partial charge on any atom is -0.360 e. The molecule has 0 radical (unpaired) electrons. The second kappa shape index (κ2) is 6.18. The van der Waals surface area contributed by atoms with Crippen LogP contribution < -0.4 is 5.32 Å². The van der Waals surface area contributed by atoms with Crippen molar-refractivity contribution in [1.82, 2.24) is 9.97 Å². The van der Waals surface area contributed by atoms with Crippen molar-refractivity contribution in [3.8, 4) is 11.3 Å². The molecule has 5 heteroatoms. The Hall–Kier alpha value is -2.92. The average Bonchev–Trinajstić information content (AvgIpc) is 3.21. The number of anilines is 1. The van der Waals surface area contributed by atoms with Gasteiger partial charge in [-0.2, -0.15) is 0 Å². The number of carbonyl (C=O) groups is 1. The molecule has 4 rings (SSSR count). The molecule has 2 heterocycles. The number of aromatic nitrogens is 2. The topological polar surface area (TPSA) is 57.8 Å². The van der Waals surface area contributed by atoms with Crippen molar-refractivity contribution in [3.05, 3.63) is 70.7 Å². The second-order valence-corrected chi connectivity index (χ2v) is 6.92. The summed E-state index contributed by atoms with van der Waals surface area (Å²) < 4.78 is 0. The molecular formula is C20H17N3OS. The lowest BCUT2D eigenvalue weighted by atomic mass is 10.0. The van der Waals surface area contributed by atoms with Gasteiger partial charge < -0.3 is 4.98 Å². The Labute approximate surface area is 149 Å². The van der Waals surface area contributed by atoms with Gasteiger partial charge in [0.1, 0.15) is 0 Å². The summed E-state index contributed by atoms with van der Waals surface area (Å²) in [5.41, 5.74) is 5.96. The van der Waals surface area contributed by atoms with Gasteiger partial charge in [-0.15, -0.1) is 11.3 Å². The monoisotopic (exact) mass is 347 g/mol. The number of carbonyl (C=O) groups excluding carboxylic acids is 1. The van der Waals surface area contributed by atoms with E-state index in [2.05, 4.69) is 47.3 Å². The van der Waals surface area contributed by atoms with Gasteiger partial charge in [-0.25, -0.2) is 4.98 Å². The highest BCUT2D eigenvalue weighted by Crippen LogP contribution is 2.28. The van der Waals surface area contributed by atoms with Crippen molar-refractivity contribution in [2.45, 2.75) is 13.8 Å². The molecule has 0 aliphatic rings. The number of nitrogens with one attached hydrogen (secondary N) is 2. The quantitative estimate of drug-likeness (QED) is 0.538. The largest absolute Gasteiger partial charge is 0.360 e. The van der Waals surface area contributed by atoms with E-state index in [1.54, 1.807) is 6.20 Å². The number of rotatable bonds is 3. The third-order valence-electron chi connectivity index (χ3n) is 4.22. The summed E-state index contributed by atoms with van der Waals surface area (Å²) in [7, 11) is 0. The highest BCUT2D eigenvalue weighted by molar-refractivity contribution is 7.14. The summed E-state index contributed by atoms with van der Waals surface area (Å²) in [6, 6.07) is 14.0. The lowest BCUT2D eigenvalue weighted by Gasteiger charge is -2.04. The summed E-state index contributed by atoms with van der Waals surface area (Å²) in [4.78, 5) is 20.3. The van der Waals surface area contributed by atoms with Crippen LogP contribution in [0.3, 0.4) is 0 Å². The van der Waals surface area contributed by atoms with Crippen molar-refractivity contribution in [2.24, 2.45) is 0 Å². The molecule has 0 aliphatic carbocycles. The first kappa shape index (κ1) is 15.6. The number of benzene rings is 2. The number of amides is 1. The zero-order valence-electron chi connectivity index (χ0n) is 14.0. The summed E-state index contributed by atoms with van der Waals surface area (Å²) >= 11 is 1.44. The van der Waals surface area contributed by atoms with Gasteiger partial charge in [0, 0.05) is 28.0 Å². The summed E-state index contributed by atoms with van der Waals surface area (Å²) in [5, 5.41) is 6.39. The molecule has 1 amide bonds. The van der Waals surface area contributed by atoms with E-state index in [4.69, 9.17) is 0 Å². The van der Waals surface area contributed by atoms with Crippen LogP contribution in [0.15, 0.2) is 54.0 Å². The standard InChI is InChI=1S/C20H17N3OS/c1-12-7-8-14(13(2)9-12)18-11-25-20(22-18)23-19(24)16-10-21-17-6-4-3-5-15(16)17/h3-11,21H,1-2H3,(H,22,23,24). The van der Waals surface area contributed by atoms with E-state index in [9.17, 15) is 4.79 Å². The van der Waals surface area contributed by atoms with Crippen molar-refractivity contribution in [1.29, 1.82) is 0 Å². The van der Waals surface area contributed by atoms with Gasteiger partial charge >= 0.3 is 0 Å². The minimum atomic E-state index is -0.154. The van der Waals surface area contributed by atoms with Crippen LogP contribution in [0.25, 0.3) is 22.2 Å². The molecule has 4 nitrogen and oxygen atoms in total. The molecule has 0 aliphatic heterocycles. The summed E-state index contributed by atoms with van der Waals surface area (Å²) in [6.07, 6.45) is 1.73. The fraction of sp³-hybridized carbons (Fsp3) is 0.100. The van der Waals surface area contributed by atoms with Gasteiger partial charge in [0.25, 0.3) is 5.91 Å². The van der Waals surface area contributed by atoms with Crippen molar-refractivity contribution < 1.29 is 4.79 Å². The molecular weight excluding hydrogens is 330 g/mol. The molecule has 0 fully saturated rings. The number of H-pyrrole nitrogens is 1. The molecule has 0 spiro atoms. The number of fused-ring (bicyclic) bond motifs is 1. The van der Waals surface area contributed by atoms with Gasteiger partial charge in [-0.1, -0.05) is 42.0 Å². The SMILES string of the molecule is Cc1ccc(-c2csc(NC(=O)c3c[nH]c4ccccc34)n2)c(C)c1. The first-order chi connectivity index (χ1) is 12.1. The molecule has 0 bridgehead atoms. The first-order valence-electron chi connectivity index (χ1n) is 8.02. The fourth-order valence-electron chi connectivity index (χ4n) is 2.98. The van der Waals surface area contributed by atoms with Gasteiger partial charge in [0.15, 0.2) is 5.13 Å². The molecule has 124 valence electrons. The second-order valence-electron chi connectivity index (χ2n) is 6.06. The summed E-state index contributed by atoms with van der Waals surface area (Å²) in [5.74, 6) is -0.154. The maximum Gasteiger partial charge on any atom is 0.259 e. The van der Waals surface area contributed by atoms with Crippen molar-refractivity contribution in [2.75, 3.05) is 5.32 Å². The molecule has 25 heavy (non-hydrogen) atoms. The van der Waals surface area contributed by atoms with E-state index < -0.39 is 0 Å². The van der Waals surface area contributed by atoms with Gasteiger partial charge in [0.05, 0.1) is 11.3 Å².